The SMILES string of the molecule is CC(=O)N(CCO)CCO.CC(=O)O.CC(=O)O. The molecule has 4 N–H and O–H groups in total. The van der Waals surface area contributed by atoms with E-state index in [2.05, 4.69) is 0 Å². The molecule has 0 rings (SSSR count). The highest BCUT2D eigenvalue weighted by Gasteiger charge is 2.04. The van der Waals surface area contributed by atoms with Crippen LogP contribution in [0.3, 0.4) is 0 Å². The summed E-state index contributed by atoms with van der Waals surface area (Å²) in [5.41, 5.74) is 0. The minimum absolute atomic E-state index is 0.0560. The van der Waals surface area contributed by atoms with E-state index in [1.165, 1.54) is 11.8 Å². The van der Waals surface area contributed by atoms with Crippen molar-refractivity contribution >= 4 is 17.8 Å². The molecule has 0 aliphatic rings. The van der Waals surface area contributed by atoms with Gasteiger partial charge in [-0.05, 0) is 0 Å². The van der Waals surface area contributed by atoms with Gasteiger partial charge in [0.05, 0.1) is 13.2 Å². The Labute approximate surface area is 105 Å². The second-order valence-electron chi connectivity index (χ2n) is 2.99. The van der Waals surface area contributed by atoms with Crippen LogP contribution in [0.5, 0.6) is 0 Å². The number of carboxylic acids is 2. The van der Waals surface area contributed by atoms with E-state index in [4.69, 9.17) is 30.0 Å². The number of carboxylic acid groups (broad SMARTS) is 2. The molecule has 0 spiro atoms. The van der Waals surface area contributed by atoms with Crippen LogP contribution in [0.25, 0.3) is 0 Å². The van der Waals surface area contributed by atoms with Gasteiger partial charge in [0.1, 0.15) is 0 Å². The smallest absolute Gasteiger partial charge is 0.300 e. The van der Waals surface area contributed by atoms with Crippen LogP contribution in [0.1, 0.15) is 20.8 Å². The van der Waals surface area contributed by atoms with Crippen molar-refractivity contribution in [3.63, 3.8) is 0 Å². The molecule has 0 unspecified atom stereocenters. The van der Waals surface area contributed by atoms with Gasteiger partial charge in [0.25, 0.3) is 11.9 Å². The predicted molar refractivity (Wildman–Crippen MR) is 63.0 cm³/mol. The van der Waals surface area contributed by atoms with E-state index in [1.54, 1.807) is 0 Å². The molecule has 0 aromatic heterocycles. The average molecular weight is 267 g/mol. The normalized spacial score (nSPS) is 8.06. The summed E-state index contributed by atoms with van der Waals surface area (Å²) >= 11 is 0. The highest BCUT2D eigenvalue weighted by atomic mass is 16.4. The van der Waals surface area contributed by atoms with Crippen LogP contribution in [0.2, 0.25) is 0 Å². The van der Waals surface area contributed by atoms with E-state index in [0.717, 1.165) is 13.8 Å². The zero-order valence-corrected chi connectivity index (χ0v) is 10.8. The third-order valence-electron chi connectivity index (χ3n) is 1.19. The fourth-order valence-corrected chi connectivity index (χ4v) is 0.668. The Morgan fingerprint density at radius 2 is 1.06 bits per heavy atom. The zero-order valence-electron chi connectivity index (χ0n) is 10.8. The summed E-state index contributed by atoms with van der Waals surface area (Å²) in [5.74, 6) is -1.79. The number of hydrogen-bond acceptors (Lipinski definition) is 5. The number of nitrogens with zero attached hydrogens (tertiary/aromatic N) is 1. The number of rotatable bonds is 4. The summed E-state index contributed by atoms with van der Waals surface area (Å²) in [6.45, 7) is 4.07. The van der Waals surface area contributed by atoms with Crippen molar-refractivity contribution < 1.29 is 34.8 Å². The number of aliphatic hydroxyl groups excluding tert-OH is 2. The fourth-order valence-electron chi connectivity index (χ4n) is 0.668. The first-order chi connectivity index (χ1) is 8.18. The van der Waals surface area contributed by atoms with Gasteiger partial charge in [0.2, 0.25) is 5.91 Å². The van der Waals surface area contributed by atoms with Crippen LogP contribution < -0.4 is 0 Å². The Kier molecular flexibility index (Phi) is 18.4. The molecule has 0 heterocycles. The first kappa shape index (κ1) is 21.6. The summed E-state index contributed by atoms with van der Waals surface area (Å²) in [5, 5.41) is 31.7. The quantitative estimate of drug-likeness (QED) is 0.513. The first-order valence-electron chi connectivity index (χ1n) is 5.05. The molecule has 0 aromatic rings. The van der Waals surface area contributed by atoms with Crippen LogP contribution in [0.15, 0.2) is 0 Å². The molecular weight excluding hydrogens is 246 g/mol. The lowest BCUT2D eigenvalue weighted by Gasteiger charge is -2.17. The Bertz CT molecular complexity index is 216. The molecule has 0 bridgehead atoms. The molecule has 1 amide bonds. The van der Waals surface area contributed by atoms with Crippen molar-refractivity contribution in [3.05, 3.63) is 0 Å². The molecule has 0 saturated carbocycles. The molecule has 0 fully saturated rings. The largest absolute Gasteiger partial charge is 0.481 e. The first-order valence-corrected chi connectivity index (χ1v) is 5.05. The van der Waals surface area contributed by atoms with Crippen LogP contribution in [0, 0.1) is 0 Å². The second-order valence-corrected chi connectivity index (χ2v) is 2.99. The van der Waals surface area contributed by atoms with E-state index >= 15 is 0 Å². The van der Waals surface area contributed by atoms with Crippen molar-refractivity contribution in [2.24, 2.45) is 0 Å². The molecular formula is C10H21NO7. The molecule has 8 heteroatoms. The van der Waals surface area contributed by atoms with Gasteiger partial charge in [-0.1, -0.05) is 0 Å². The minimum Gasteiger partial charge on any atom is -0.481 e. The number of carbonyl (C=O) groups excluding carboxylic acids is 1. The Morgan fingerprint density at radius 3 is 1.17 bits per heavy atom. The Balaban J connectivity index is -0.000000233. The van der Waals surface area contributed by atoms with Crippen molar-refractivity contribution in [3.8, 4) is 0 Å². The van der Waals surface area contributed by atoms with Gasteiger partial charge >= 0.3 is 0 Å². The Hall–Kier alpha value is -1.67. The van der Waals surface area contributed by atoms with Crippen LogP contribution in [-0.4, -0.2) is 69.5 Å². The van der Waals surface area contributed by atoms with E-state index in [9.17, 15) is 4.79 Å². The molecule has 0 aliphatic carbocycles. The number of amides is 1. The van der Waals surface area contributed by atoms with Gasteiger partial charge < -0.3 is 25.3 Å². The molecule has 0 radical (unpaired) electrons. The third kappa shape index (κ3) is 36.7. The van der Waals surface area contributed by atoms with Gasteiger partial charge in [-0.3, -0.25) is 14.4 Å². The molecule has 0 aliphatic heterocycles. The number of aliphatic carboxylic acids is 2. The lowest BCUT2D eigenvalue weighted by molar-refractivity contribution is -0.135. The molecule has 18 heavy (non-hydrogen) atoms. The van der Waals surface area contributed by atoms with Crippen LogP contribution in [-0.2, 0) is 14.4 Å². The van der Waals surface area contributed by atoms with Gasteiger partial charge in [-0.2, -0.15) is 0 Å². The topological polar surface area (TPSA) is 135 Å². The minimum atomic E-state index is -0.833. The van der Waals surface area contributed by atoms with Gasteiger partial charge in [-0.15, -0.1) is 0 Å². The predicted octanol–water partition coefficient (Wildman–Crippen LogP) is -0.999. The summed E-state index contributed by atoms with van der Waals surface area (Å²) in [4.78, 5) is 30.0. The summed E-state index contributed by atoms with van der Waals surface area (Å²) in [7, 11) is 0. The maximum Gasteiger partial charge on any atom is 0.300 e. The lowest BCUT2D eigenvalue weighted by Crippen LogP contribution is -2.33. The van der Waals surface area contributed by atoms with Crippen molar-refractivity contribution in [1.29, 1.82) is 0 Å². The van der Waals surface area contributed by atoms with Gasteiger partial charge in [0, 0.05) is 33.9 Å². The van der Waals surface area contributed by atoms with E-state index in [0.29, 0.717) is 13.1 Å². The van der Waals surface area contributed by atoms with E-state index < -0.39 is 11.9 Å². The van der Waals surface area contributed by atoms with Crippen LogP contribution in [0.4, 0.5) is 0 Å². The zero-order chi connectivity index (χ0) is 15.1. The maximum absolute atomic E-state index is 10.6. The summed E-state index contributed by atoms with van der Waals surface area (Å²) < 4.78 is 0. The fraction of sp³-hybridized carbons (Fsp3) is 0.700. The van der Waals surface area contributed by atoms with Crippen molar-refractivity contribution in [2.45, 2.75) is 20.8 Å². The third-order valence-corrected chi connectivity index (χ3v) is 1.19. The lowest BCUT2D eigenvalue weighted by atomic mass is 10.4. The summed E-state index contributed by atoms with van der Waals surface area (Å²) in [6, 6.07) is 0. The van der Waals surface area contributed by atoms with E-state index in [1.807, 2.05) is 0 Å². The monoisotopic (exact) mass is 267 g/mol. The summed E-state index contributed by atoms with van der Waals surface area (Å²) in [6.07, 6.45) is 0. The highest BCUT2D eigenvalue weighted by molar-refractivity contribution is 5.73. The average Bonchev–Trinajstić information content (AvgIpc) is 2.15. The Morgan fingerprint density at radius 1 is 0.833 bits per heavy atom. The number of carbonyl (C=O) groups is 3. The molecule has 0 saturated heterocycles. The van der Waals surface area contributed by atoms with Crippen molar-refractivity contribution in [1.82, 2.24) is 4.90 Å². The van der Waals surface area contributed by atoms with Crippen molar-refractivity contribution in [2.75, 3.05) is 26.3 Å². The second kappa shape index (κ2) is 15.3. The standard InChI is InChI=1S/C6H13NO3.2C2H4O2/c1-6(10)7(2-4-8)3-5-9;2*1-2(3)4/h8-9H,2-5H2,1H3;2*1H3,(H,3,4). The number of aliphatic hydroxyl groups is 2. The molecule has 8 nitrogen and oxygen atoms in total. The molecule has 0 atom stereocenters. The molecule has 108 valence electrons. The van der Waals surface area contributed by atoms with Gasteiger partial charge in [-0.25, -0.2) is 0 Å². The van der Waals surface area contributed by atoms with E-state index in [-0.39, 0.29) is 19.1 Å². The maximum atomic E-state index is 10.6. The highest BCUT2D eigenvalue weighted by Crippen LogP contribution is 1.86. The molecule has 0 aromatic carbocycles. The van der Waals surface area contributed by atoms with Crippen LogP contribution >= 0.6 is 0 Å². The van der Waals surface area contributed by atoms with Gasteiger partial charge in [0.15, 0.2) is 0 Å². The number of hydrogen-bond donors (Lipinski definition) is 4.